The van der Waals surface area contributed by atoms with Crippen molar-refractivity contribution in [3.05, 3.63) is 49.6 Å². The third-order valence-corrected chi connectivity index (χ3v) is 5.08. The van der Waals surface area contributed by atoms with Gasteiger partial charge in [0.05, 0.1) is 11.3 Å². The zero-order valence-corrected chi connectivity index (χ0v) is 13.1. The minimum absolute atomic E-state index is 0.0925. The number of rotatable bonds is 1. The van der Waals surface area contributed by atoms with Crippen LogP contribution in [-0.4, -0.2) is 13.0 Å². The van der Waals surface area contributed by atoms with E-state index in [-0.39, 0.29) is 12.1 Å². The first-order valence-corrected chi connectivity index (χ1v) is 7.68. The zero-order valence-electron chi connectivity index (χ0n) is 9.98. The molecule has 0 saturated heterocycles. The van der Waals surface area contributed by atoms with Crippen LogP contribution in [0.25, 0.3) is 0 Å². The monoisotopic (exact) mass is 356 g/mol. The average molecular weight is 358 g/mol. The molecule has 0 saturated carbocycles. The summed E-state index contributed by atoms with van der Waals surface area (Å²) >= 11 is 11.0. The summed E-state index contributed by atoms with van der Waals surface area (Å²) < 4.78 is 1.03. The van der Waals surface area contributed by atoms with E-state index in [1.165, 1.54) is 0 Å². The van der Waals surface area contributed by atoms with E-state index in [1.54, 1.807) is 23.5 Å². The maximum Gasteiger partial charge on any atom is 0.255 e. The first kappa shape index (κ1) is 13.0. The molecule has 0 fully saturated rings. The smallest absolute Gasteiger partial charge is 0.255 e. The normalized spacial score (nSPS) is 18.2. The van der Waals surface area contributed by atoms with E-state index < -0.39 is 0 Å². The molecule has 3 rings (SSSR count). The van der Waals surface area contributed by atoms with E-state index in [1.807, 2.05) is 29.5 Å². The lowest BCUT2D eigenvalue weighted by Gasteiger charge is -2.35. The van der Waals surface area contributed by atoms with Gasteiger partial charge in [-0.15, -0.1) is 11.3 Å². The Hall–Kier alpha value is -1.04. The van der Waals surface area contributed by atoms with Crippen molar-refractivity contribution in [2.45, 2.75) is 6.17 Å². The van der Waals surface area contributed by atoms with Crippen LogP contribution in [-0.2, 0) is 0 Å². The molecular formula is C13H10BrClN2OS. The Morgan fingerprint density at radius 1 is 1.42 bits per heavy atom. The number of hydrogen-bond acceptors (Lipinski definition) is 3. The Kier molecular flexibility index (Phi) is 3.28. The molecule has 1 amide bonds. The zero-order chi connectivity index (χ0) is 13.6. The van der Waals surface area contributed by atoms with Crippen molar-refractivity contribution < 1.29 is 4.79 Å². The van der Waals surface area contributed by atoms with Crippen LogP contribution in [0.15, 0.2) is 34.1 Å². The number of fused-ring (bicyclic) bond motifs is 1. The summed E-state index contributed by atoms with van der Waals surface area (Å²) in [5.74, 6) is -0.0925. The third kappa shape index (κ3) is 2.26. The maximum absolute atomic E-state index is 12.2. The molecule has 1 atom stereocenters. The van der Waals surface area contributed by atoms with Crippen molar-refractivity contribution in [2.24, 2.45) is 0 Å². The minimum atomic E-state index is -0.141. The van der Waals surface area contributed by atoms with E-state index in [0.717, 1.165) is 15.0 Å². The number of amides is 1. The molecule has 98 valence electrons. The predicted octanol–water partition coefficient (Wildman–Crippen LogP) is 4.04. The van der Waals surface area contributed by atoms with E-state index in [2.05, 4.69) is 21.2 Å². The summed E-state index contributed by atoms with van der Waals surface area (Å²) in [7, 11) is 1.96. The molecular weight excluding hydrogens is 348 g/mol. The van der Waals surface area contributed by atoms with Gasteiger partial charge in [0.1, 0.15) is 6.17 Å². The summed E-state index contributed by atoms with van der Waals surface area (Å²) in [6, 6.07) is 7.40. The molecule has 3 nitrogen and oxygen atoms in total. The number of carbonyl (C=O) groups excluding carboxylic acids is 1. The van der Waals surface area contributed by atoms with Crippen molar-refractivity contribution >= 4 is 50.5 Å². The number of thiophene rings is 1. The molecule has 0 spiro atoms. The highest BCUT2D eigenvalue weighted by Gasteiger charge is 2.30. The molecule has 1 aromatic carbocycles. The molecule has 0 aliphatic carbocycles. The van der Waals surface area contributed by atoms with Crippen molar-refractivity contribution in [3.8, 4) is 0 Å². The highest BCUT2D eigenvalue weighted by Crippen LogP contribution is 2.36. The lowest BCUT2D eigenvalue weighted by Crippen LogP contribution is -2.44. The van der Waals surface area contributed by atoms with Gasteiger partial charge in [-0.3, -0.25) is 4.79 Å². The van der Waals surface area contributed by atoms with Crippen LogP contribution in [0.1, 0.15) is 21.4 Å². The van der Waals surface area contributed by atoms with Crippen LogP contribution in [0.4, 0.5) is 5.69 Å². The first-order valence-electron chi connectivity index (χ1n) is 5.63. The second-order valence-corrected chi connectivity index (χ2v) is 6.61. The second kappa shape index (κ2) is 4.81. The second-order valence-electron chi connectivity index (χ2n) is 4.32. The molecule has 19 heavy (non-hydrogen) atoms. The molecule has 0 bridgehead atoms. The fourth-order valence-corrected chi connectivity index (χ4v) is 3.88. The van der Waals surface area contributed by atoms with E-state index in [0.29, 0.717) is 10.6 Å². The topological polar surface area (TPSA) is 32.3 Å². The van der Waals surface area contributed by atoms with Crippen LogP contribution in [0.3, 0.4) is 0 Å². The quantitative estimate of drug-likeness (QED) is 0.835. The molecule has 1 aromatic heterocycles. The van der Waals surface area contributed by atoms with E-state index in [9.17, 15) is 4.79 Å². The first-order chi connectivity index (χ1) is 9.06. The molecule has 0 radical (unpaired) electrons. The molecule has 2 aromatic rings. The Balaban J connectivity index is 2.05. The number of nitrogens with one attached hydrogen (secondary N) is 1. The number of carbonyl (C=O) groups is 1. The van der Waals surface area contributed by atoms with Gasteiger partial charge in [0.25, 0.3) is 5.91 Å². The number of halogens is 2. The Bertz CT molecular complexity index is 658. The summed E-state index contributed by atoms with van der Waals surface area (Å²) in [4.78, 5) is 15.3. The average Bonchev–Trinajstić information content (AvgIpc) is 2.80. The largest absolute Gasteiger partial charge is 0.349 e. The fraction of sp³-hybridized carbons (Fsp3) is 0.154. The number of benzene rings is 1. The van der Waals surface area contributed by atoms with Gasteiger partial charge in [-0.1, -0.05) is 11.6 Å². The van der Waals surface area contributed by atoms with Gasteiger partial charge in [0, 0.05) is 26.8 Å². The Morgan fingerprint density at radius 2 is 2.21 bits per heavy atom. The molecule has 1 aliphatic heterocycles. The SMILES string of the molecule is CN1c2ccc(Cl)cc2C(=O)N[C@@H]1c1cc(Br)cs1. The molecule has 1 N–H and O–H groups in total. The van der Waals surface area contributed by atoms with Gasteiger partial charge in [-0.05, 0) is 40.2 Å². The Morgan fingerprint density at radius 3 is 2.89 bits per heavy atom. The molecule has 2 heterocycles. The van der Waals surface area contributed by atoms with Gasteiger partial charge in [-0.25, -0.2) is 0 Å². The van der Waals surface area contributed by atoms with Crippen LogP contribution < -0.4 is 10.2 Å². The van der Waals surface area contributed by atoms with Gasteiger partial charge < -0.3 is 10.2 Å². The number of hydrogen-bond donors (Lipinski definition) is 1. The third-order valence-electron chi connectivity index (χ3n) is 3.10. The summed E-state index contributed by atoms with van der Waals surface area (Å²) in [6.45, 7) is 0. The van der Waals surface area contributed by atoms with Crippen LogP contribution >= 0.6 is 38.9 Å². The lowest BCUT2D eigenvalue weighted by molar-refractivity contribution is 0.0929. The van der Waals surface area contributed by atoms with E-state index >= 15 is 0 Å². The van der Waals surface area contributed by atoms with Crippen LogP contribution in [0.2, 0.25) is 5.02 Å². The standard InChI is InChI=1S/C13H10BrClN2OS/c1-17-10-3-2-8(15)5-9(10)13(18)16-12(17)11-4-7(14)6-19-11/h2-6,12H,1H3,(H,16,18)/t12-/m0/s1. The van der Waals surface area contributed by atoms with Crippen molar-refractivity contribution in [2.75, 3.05) is 11.9 Å². The van der Waals surface area contributed by atoms with Crippen LogP contribution in [0, 0.1) is 0 Å². The van der Waals surface area contributed by atoms with E-state index in [4.69, 9.17) is 11.6 Å². The number of anilines is 1. The summed E-state index contributed by atoms with van der Waals surface area (Å²) in [6.07, 6.45) is -0.141. The predicted molar refractivity (Wildman–Crippen MR) is 82.1 cm³/mol. The number of nitrogens with zero attached hydrogens (tertiary/aromatic N) is 1. The Labute approximate surface area is 128 Å². The minimum Gasteiger partial charge on any atom is -0.349 e. The molecule has 1 aliphatic rings. The molecule has 6 heteroatoms. The van der Waals surface area contributed by atoms with Crippen molar-refractivity contribution in [3.63, 3.8) is 0 Å². The van der Waals surface area contributed by atoms with Crippen molar-refractivity contribution in [1.82, 2.24) is 5.32 Å². The lowest BCUT2D eigenvalue weighted by atomic mass is 10.1. The van der Waals surface area contributed by atoms with Gasteiger partial charge in [0.2, 0.25) is 0 Å². The van der Waals surface area contributed by atoms with Gasteiger partial charge in [-0.2, -0.15) is 0 Å². The maximum atomic E-state index is 12.2. The molecule has 0 unspecified atom stereocenters. The van der Waals surface area contributed by atoms with Crippen LogP contribution in [0.5, 0.6) is 0 Å². The fourth-order valence-electron chi connectivity index (χ4n) is 2.17. The highest BCUT2D eigenvalue weighted by atomic mass is 79.9. The van der Waals surface area contributed by atoms with Crippen molar-refractivity contribution in [1.29, 1.82) is 0 Å². The highest BCUT2D eigenvalue weighted by molar-refractivity contribution is 9.10. The van der Waals surface area contributed by atoms with Gasteiger partial charge in [0.15, 0.2) is 0 Å². The summed E-state index contributed by atoms with van der Waals surface area (Å²) in [5.41, 5.74) is 1.50. The summed E-state index contributed by atoms with van der Waals surface area (Å²) in [5, 5.41) is 5.57. The van der Waals surface area contributed by atoms with Gasteiger partial charge >= 0.3 is 0 Å².